The first kappa shape index (κ1) is 20.0. The van der Waals surface area contributed by atoms with Crippen molar-refractivity contribution >= 4 is 5.91 Å². The predicted octanol–water partition coefficient (Wildman–Crippen LogP) is 3.84. The number of benzene rings is 1. The van der Waals surface area contributed by atoms with Crippen LogP contribution in [0.3, 0.4) is 0 Å². The van der Waals surface area contributed by atoms with Gasteiger partial charge >= 0.3 is 0 Å². The molecule has 0 spiro atoms. The number of rotatable bonds is 4. The summed E-state index contributed by atoms with van der Waals surface area (Å²) in [5, 5.41) is 4.04. The van der Waals surface area contributed by atoms with E-state index in [2.05, 4.69) is 33.8 Å². The molecule has 0 bridgehead atoms. The van der Waals surface area contributed by atoms with Gasteiger partial charge in [0.25, 0.3) is 0 Å². The molecule has 0 N–H and O–H groups in total. The van der Waals surface area contributed by atoms with Crippen molar-refractivity contribution in [2.75, 3.05) is 19.6 Å². The average Bonchev–Trinajstić information content (AvgIpc) is 3.18. The van der Waals surface area contributed by atoms with Gasteiger partial charge in [-0.1, -0.05) is 17.3 Å². The molecule has 4 rings (SSSR count). The van der Waals surface area contributed by atoms with Gasteiger partial charge in [0, 0.05) is 24.2 Å². The van der Waals surface area contributed by atoms with E-state index < -0.39 is 0 Å². The van der Waals surface area contributed by atoms with E-state index in [9.17, 15) is 9.18 Å². The number of amides is 1. The summed E-state index contributed by atoms with van der Waals surface area (Å²) >= 11 is 0. The summed E-state index contributed by atoms with van der Waals surface area (Å²) in [6, 6.07) is 6.83. The van der Waals surface area contributed by atoms with Gasteiger partial charge in [-0.25, -0.2) is 4.39 Å². The lowest BCUT2D eigenvalue weighted by molar-refractivity contribution is -0.138. The van der Waals surface area contributed by atoms with Gasteiger partial charge < -0.3 is 9.42 Å². The van der Waals surface area contributed by atoms with Gasteiger partial charge in [0.15, 0.2) is 0 Å². The quantitative estimate of drug-likeness (QED) is 0.780. The van der Waals surface area contributed by atoms with Gasteiger partial charge in [0.05, 0.1) is 12.5 Å². The zero-order chi connectivity index (χ0) is 20.4. The summed E-state index contributed by atoms with van der Waals surface area (Å²) in [4.78, 5) is 21.7. The number of nitrogens with zero attached hydrogens (tertiary/aromatic N) is 4. The van der Waals surface area contributed by atoms with Crippen molar-refractivity contribution in [3.8, 4) is 11.4 Å². The molecule has 2 aromatic rings. The molecule has 0 saturated carbocycles. The molecule has 1 aromatic carbocycles. The molecule has 3 atom stereocenters. The Morgan fingerprint density at radius 3 is 2.76 bits per heavy atom. The summed E-state index contributed by atoms with van der Waals surface area (Å²) in [6.45, 7) is 6.38. The first-order chi connectivity index (χ1) is 14.0. The highest BCUT2D eigenvalue weighted by Crippen LogP contribution is 2.28. The molecule has 3 unspecified atom stereocenters. The number of carbonyl (C=O) groups excluding carboxylic acids is 1. The van der Waals surface area contributed by atoms with Crippen LogP contribution in [0, 0.1) is 5.82 Å². The lowest BCUT2D eigenvalue weighted by atomic mass is 9.96. The lowest BCUT2D eigenvalue weighted by Gasteiger charge is -2.41. The highest BCUT2D eigenvalue weighted by Gasteiger charge is 2.32. The van der Waals surface area contributed by atoms with E-state index in [1.165, 1.54) is 18.6 Å². The third-order valence-electron chi connectivity index (χ3n) is 6.22. The van der Waals surface area contributed by atoms with Crippen LogP contribution in [-0.4, -0.2) is 57.6 Å². The molecule has 29 heavy (non-hydrogen) atoms. The summed E-state index contributed by atoms with van der Waals surface area (Å²) in [7, 11) is 0. The lowest BCUT2D eigenvalue weighted by Crippen LogP contribution is -2.52. The van der Waals surface area contributed by atoms with Crippen molar-refractivity contribution in [1.82, 2.24) is 19.9 Å². The Balaban J connectivity index is 1.40. The maximum absolute atomic E-state index is 13.5. The Kier molecular flexibility index (Phi) is 5.94. The second-order valence-corrected chi connectivity index (χ2v) is 8.47. The highest BCUT2D eigenvalue weighted by atomic mass is 19.1. The van der Waals surface area contributed by atoms with Crippen LogP contribution in [0.5, 0.6) is 0 Å². The molecule has 7 heteroatoms. The molecular weight excluding hydrogens is 371 g/mol. The predicted molar refractivity (Wildman–Crippen MR) is 108 cm³/mol. The second kappa shape index (κ2) is 8.61. The van der Waals surface area contributed by atoms with Crippen molar-refractivity contribution in [3.63, 3.8) is 0 Å². The Labute approximate surface area is 171 Å². The minimum atomic E-state index is -0.322. The molecular formula is C22H29FN4O2. The van der Waals surface area contributed by atoms with Gasteiger partial charge in [-0.05, 0) is 64.6 Å². The maximum atomic E-state index is 13.5. The van der Waals surface area contributed by atoms with Crippen molar-refractivity contribution < 1.29 is 13.7 Å². The minimum Gasteiger partial charge on any atom is -0.339 e. The average molecular weight is 400 g/mol. The smallest absolute Gasteiger partial charge is 0.237 e. The number of halogens is 1. The van der Waals surface area contributed by atoms with E-state index in [0.29, 0.717) is 35.9 Å². The zero-order valence-electron chi connectivity index (χ0n) is 17.2. The fourth-order valence-corrected chi connectivity index (χ4v) is 4.73. The van der Waals surface area contributed by atoms with E-state index in [0.717, 1.165) is 38.8 Å². The molecule has 156 valence electrons. The summed E-state index contributed by atoms with van der Waals surface area (Å²) in [6.07, 6.45) is 5.31. The fourth-order valence-electron chi connectivity index (χ4n) is 4.73. The highest BCUT2D eigenvalue weighted by molar-refractivity contribution is 5.79. The molecule has 2 fully saturated rings. The third kappa shape index (κ3) is 4.50. The number of piperidine rings is 2. The molecule has 2 saturated heterocycles. The first-order valence-corrected chi connectivity index (χ1v) is 10.6. The van der Waals surface area contributed by atoms with Gasteiger partial charge in [0.1, 0.15) is 5.82 Å². The van der Waals surface area contributed by atoms with Crippen LogP contribution in [0.15, 0.2) is 28.8 Å². The van der Waals surface area contributed by atoms with Gasteiger partial charge in [-0.15, -0.1) is 0 Å². The first-order valence-electron chi connectivity index (χ1n) is 10.6. The van der Waals surface area contributed by atoms with Crippen LogP contribution in [0.2, 0.25) is 0 Å². The molecule has 2 aliphatic heterocycles. The van der Waals surface area contributed by atoms with Gasteiger partial charge in [0.2, 0.25) is 17.6 Å². The van der Waals surface area contributed by atoms with Crippen molar-refractivity contribution in [1.29, 1.82) is 0 Å². The molecule has 0 radical (unpaired) electrons. The summed E-state index contributed by atoms with van der Waals surface area (Å²) < 4.78 is 19.0. The SMILES string of the molecule is CC1CCCC(C)N1C(=O)CN1CCCC(c2nc(-c3cccc(F)c3)no2)C1. The zero-order valence-corrected chi connectivity index (χ0v) is 17.2. The standard InChI is InChI=1S/C22H29FN4O2/c1-15-6-3-7-16(2)27(15)20(28)14-26-11-5-9-18(13-26)22-24-21(25-29-22)17-8-4-10-19(23)12-17/h4,8,10,12,15-16,18H,3,5-7,9,11,13-14H2,1-2H3. The van der Waals surface area contributed by atoms with E-state index in [4.69, 9.17) is 4.52 Å². The van der Waals surface area contributed by atoms with E-state index in [-0.39, 0.29) is 17.6 Å². The van der Waals surface area contributed by atoms with E-state index in [1.54, 1.807) is 12.1 Å². The van der Waals surface area contributed by atoms with Crippen LogP contribution in [0.1, 0.15) is 57.8 Å². The molecule has 1 amide bonds. The van der Waals surface area contributed by atoms with Crippen molar-refractivity contribution in [3.05, 3.63) is 36.0 Å². The van der Waals surface area contributed by atoms with E-state index >= 15 is 0 Å². The molecule has 3 heterocycles. The topological polar surface area (TPSA) is 62.5 Å². The molecule has 1 aromatic heterocycles. The third-order valence-corrected chi connectivity index (χ3v) is 6.22. The Morgan fingerprint density at radius 1 is 1.21 bits per heavy atom. The largest absolute Gasteiger partial charge is 0.339 e. The maximum Gasteiger partial charge on any atom is 0.237 e. The second-order valence-electron chi connectivity index (χ2n) is 8.47. The van der Waals surface area contributed by atoms with E-state index in [1.807, 2.05) is 0 Å². The molecule has 0 aliphatic carbocycles. The fraction of sp³-hybridized carbons (Fsp3) is 0.591. The Morgan fingerprint density at radius 2 is 2.00 bits per heavy atom. The van der Waals surface area contributed by atoms with Crippen LogP contribution in [0.4, 0.5) is 4.39 Å². The number of carbonyl (C=O) groups is 1. The molecule has 2 aliphatic rings. The number of hydrogen-bond donors (Lipinski definition) is 0. The summed E-state index contributed by atoms with van der Waals surface area (Å²) in [5.74, 6) is 0.973. The Bertz CT molecular complexity index is 845. The van der Waals surface area contributed by atoms with Crippen molar-refractivity contribution in [2.24, 2.45) is 0 Å². The van der Waals surface area contributed by atoms with Crippen molar-refractivity contribution in [2.45, 2.75) is 64.0 Å². The Hall–Kier alpha value is -2.28. The van der Waals surface area contributed by atoms with Crippen LogP contribution in [0.25, 0.3) is 11.4 Å². The normalized spacial score (nSPS) is 25.9. The summed E-state index contributed by atoms with van der Waals surface area (Å²) in [5.41, 5.74) is 0.607. The van der Waals surface area contributed by atoms with Gasteiger partial charge in [-0.2, -0.15) is 4.98 Å². The number of aromatic nitrogens is 2. The number of likely N-dealkylation sites (tertiary alicyclic amines) is 2. The number of hydrogen-bond acceptors (Lipinski definition) is 5. The minimum absolute atomic E-state index is 0.0996. The monoisotopic (exact) mass is 400 g/mol. The van der Waals surface area contributed by atoms with Gasteiger partial charge in [-0.3, -0.25) is 9.69 Å². The van der Waals surface area contributed by atoms with Crippen LogP contribution in [-0.2, 0) is 4.79 Å². The molecule has 6 nitrogen and oxygen atoms in total. The van der Waals surface area contributed by atoms with Crippen LogP contribution < -0.4 is 0 Å². The van der Waals surface area contributed by atoms with Crippen LogP contribution >= 0.6 is 0 Å².